The monoisotopic (exact) mass is 488 g/mol. The van der Waals surface area contributed by atoms with Gasteiger partial charge in [0, 0.05) is 11.9 Å². The van der Waals surface area contributed by atoms with Crippen LogP contribution in [0.15, 0.2) is 91.1 Å². The lowest BCUT2D eigenvalue weighted by molar-refractivity contribution is -0.121. The summed E-state index contributed by atoms with van der Waals surface area (Å²) < 4.78 is 5.97. The third kappa shape index (κ3) is 10.4. The Hall–Kier alpha value is -4.13. The topological polar surface area (TPSA) is 110 Å². The minimum atomic E-state index is -0.0700. The highest BCUT2D eigenvalue weighted by atomic mass is 16.5. The Labute approximate surface area is 213 Å². The predicted molar refractivity (Wildman–Crippen MR) is 143 cm³/mol. The molecule has 1 heterocycles. The van der Waals surface area contributed by atoms with Crippen LogP contribution in [0.4, 0.5) is 0 Å². The first-order valence-electron chi connectivity index (χ1n) is 12.2. The van der Waals surface area contributed by atoms with E-state index in [1.165, 1.54) is 5.56 Å². The summed E-state index contributed by atoms with van der Waals surface area (Å²) in [7, 11) is 0. The number of amides is 2. The normalized spacial score (nSPS) is 11.9. The second kappa shape index (κ2) is 16.5. The molecule has 0 radical (unpaired) electrons. The number of rotatable bonds is 12. The lowest BCUT2D eigenvalue weighted by atomic mass is 9.98. The van der Waals surface area contributed by atoms with Crippen molar-refractivity contribution in [1.82, 2.24) is 15.3 Å². The SMILES string of the molecule is C/C=C(\C=C/CC)Oc1ccc([C@H](CCCc2ccccc2)NC(=O)Cc2cnc[nH]2)cc1.NC=O. The van der Waals surface area contributed by atoms with Crippen molar-refractivity contribution in [1.29, 1.82) is 0 Å². The Kier molecular flexibility index (Phi) is 12.9. The van der Waals surface area contributed by atoms with Crippen molar-refractivity contribution in [2.45, 2.75) is 52.0 Å². The molecule has 3 aromatic rings. The molecule has 3 rings (SSSR count). The number of benzene rings is 2. The molecule has 190 valence electrons. The molecular formula is C29H36N4O3. The number of hydrogen-bond acceptors (Lipinski definition) is 4. The Morgan fingerprint density at radius 3 is 2.50 bits per heavy atom. The van der Waals surface area contributed by atoms with Crippen molar-refractivity contribution >= 4 is 12.3 Å². The molecule has 7 heteroatoms. The van der Waals surface area contributed by atoms with E-state index < -0.39 is 0 Å². The molecule has 2 amide bonds. The van der Waals surface area contributed by atoms with E-state index >= 15 is 0 Å². The average molecular weight is 489 g/mol. The van der Waals surface area contributed by atoms with Crippen LogP contribution in [0.3, 0.4) is 0 Å². The number of nitrogens with two attached hydrogens (primary N) is 1. The zero-order valence-corrected chi connectivity index (χ0v) is 21.0. The smallest absolute Gasteiger partial charge is 0.226 e. The molecule has 0 unspecified atom stereocenters. The van der Waals surface area contributed by atoms with E-state index in [4.69, 9.17) is 9.53 Å². The van der Waals surface area contributed by atoms with Gasteiger partial charge >= 0.3 is 0 Å². The number of nitrogens with one attached hydrogen (secondary N) is 2. The zero-order valence-electron chi connectivity index (χ0n) is 21.0. The number of hydrogen-bond donors (Lipinski definition) is 3. The van der Waals surface area contributed by atoms with Crippen LogP contribution in [0, 0.1) is 0 Å². The Balaban J connectivity index is 0.00000145. The summed E-state index contributed by atoms with van der Waals surface area (Å²) >= 11 is 0. The molecule has 1 aromatic heterocycles. The van der Waals surface area contributed by atoms with Gasteiger partial charge in [0.25, 0.3) is 0 Å². The number of aromatic nitrogens is 2. The second-order valence-electron chi connectivity index (χ2n) is 8.06. The number of H-pyrrole nitrogens is 1. The van der Waals surface area contributed by atoms with Gasteiger partial charge < -0.3 is 20.8 Å². The van der Waals surface area contributed by atoms with Gasteiger partial charge in [0.2, 0.25) is 12.3 Å². The highest BCUT2D eigenvalue weighted by molar-refractivity contribution is 5.78. The maximum Gasteiger partial charge on any atom is 0.226 e. The largest absolute Gasteiger partial charge is 0.458 e. The van der Waals surface area contributed by atoms with Crippen molar-refractivity contribution in [2.24, 2.45) is 5.73 Å². The summed E-state index contributed by atoms with van der Waals surface area (Å²) in [5.41, 5.74) is 7.35. The number of allylic oxidation sites excluding steroid dienone is 3. The highest BCUT2D eigenvalue weighted by Gasteiger charge is 2.16. The van der Waals surface area contributed by atoms with Gasteiger partial charge in [-0.25, -0.2) is 4.98 Å². The highest BCUT2D eigenvalue weighted by Crippen LogP contribution is 2.24. The van der Waals surface area contributed by atoms with Crippen LogP contribution >= 0.6 is 0 Å². The Morgan fingerprint density at radius 1 is 1.17 bits per heavy atom. The van der Waals surface area contributed by atoms with E-state index in [9.17, 15) is 4.79 Å². The van der Waals surface area contributed by atoms with Crippen LogP contribution in [0.1, 0.15) is 56.0 Å². The molecule has 7 nitrogen and oxygen atoms in total. The first-order chi connectivity index (χ1) is 17.6. The van der Waals surface area contributed by atoms with Crippen LogP contribution < -0.4 is 15.8 Å². The molecule has 0 aliphatic rings. The molecular weight excluding hydrogens is 452 g/mol. The lowest BCUT2D eigenvalue weighted by Gasteiger charge is -2.20. The standard InChI is InChI=1S/C28H33N3O2.CH3NO/c1-3-5-13-25(4-2)33-26-17-15-23(16-18-26)27(14-9-12-22-10-7-6-8-11-22)31-28(32)19-24-20-29-21-30-24;2-1-3/h4-8,10-11,13,15-18,20-21,27H,3,9,12,14,19H2,1-2H3,(H,29,30)(H,31,32);1H,(H2,2,3)/b13-5-,25-4+;/t27-;/m0./s1. The molecule has 0 fully saturated rings. The van der Waals surface area contributed by atoms with Crippen molar-refractivity contribution in [3.63, 3.8) is 0 Å². The quantitative estimate of drug-likeness (QED) is 0.185. The van der Waals surface area contributed by atoms with Crippen LogP contribution in [-0.4, -0.2) is 22.3 Å². The molecule has 2 aromatic carbocycles. The van der Waals surface area contributed by atoms with Crippen molar-refractivity contribution in [3.05, 3.63) is 108 Å². The van der Waals surface area contributed by atoms with E-state index in [0.29, 0.717) is 0 Å². The Morgan fingerprint density at radius 2 is 1.89 bits per heavy atom. The number of aromatic amines is 1. The van der Waals surface area contributed by atoms with Crippen molar-refractivity contribution in [2.75, 3.05) is 0 Å². The molecule has 0 spiro atoms. The fraction of sp³-hybridized carbons (Fsp3) is 0.276. The third-order valence-electron chi connectivity index (χ3n) is 5.36. The summed E-state index contributed by atoms with van der Waals surface area (Å²) in [6.07, 6.45) is 13.6. The molecule has 1 atom stereocenters. The summed E-state index contributed by atoms with van der Waals surface area (Å²) in [6.45, 7) is 4.05. The predicted octanol–water partition coefficient (Wildman–Crippen LogP) is 5.18. The van der Waals surface area contributed by atoms with Gasteiger partial charge in [0.15, 0.2) is 0 Å². The van der Waals surface area contributed by atoms with Crippen LogP contribution in [0.5, 0.6) is 5.75 Å². The van der Waals surface area contributed by atoms with Gasteiger partial charge in [0.1, 0.15) is 11.5 Å². The number of aryl methyl sites for hydroxylation is 1. The number of carbonyl (C=O) groups excluding carboxylic acids is 2. The van der Waals surface area contributed by atoms with E-state index in [1.54, 1.807) is 12.5 Å². The van der Waals surface area contributed by atoms with Crippen molar-refractivity contribution < 1.29 is 14.3 Å². The average Bonchev–Trinajstić information content (AvgIpc) is 3.40. The minimum Gasteiger partial charge on any atom is -0.458 e. The van der Waals surface area contributed by atoms with Crippen molar-refractivity contribution in [3.8, 4) is 5.75 Å². The number of nitrogens with zero attached hydrogens (tertiary/aromatic N) is 1. The summed E-state index contributed by atoms with van der Waals surface area (Å²) in [6, 6.07) is 18.4. The molecule has 0 aliphatic carbocycles. The van der Waals surface area contributed by atoms with E-state index in [0.717, 1.165) is 48.4 Å². The summed E-state index contributed by atoms with van der Waals surface area (Å²) in [5, 5.41) is 3.21. The first-order valence-corrected chi connectivity index (χ1v) is 12.2. The van der Waals surface area contributed by atoms with Gasteiger partial charge in [-0.05, 0) is 68.0 Å². The zero-order chi connectivity index (χ0) is 26.0. The molecule has 0 saturated carbocycles. The first kappa shape index (κ1) is 28.1. The van der Waals surface area contributed by atoms with Crippen LogP contribution in [0.25, 0.3) is 0 Å². The second-order valence-corrected chi connectivity index (χ2v) is 8.06. The fourth-order valence-corrected chi connectivity index (χ4v) is 3.60. The van der Waals surface area contributed by atoms with Gasteiger partial charge in [-0.15, -0.1) is 0 Å². The van der Waals surface area contributed by atoms with E-state index in [2.05, 4.69) is 58.3 Å². The molecule has 0 aliphatic heterocycles. The number of primary amides is 1. The van der Waals surface area contributed by atoms with Crippen LogP contribution in [-0.2, 0) is 22.4 Å². The number of imidazole rings is 1. The fourth-order valence-electron chi connectivity index (χ4n) is 3.60. The number of carbonyl (C=O) groups is 2. The molecule has 0 bridgehead atoms. The lowest BCUT2D eigenvalue weighted by Crippen LogP contribution is -2.30. The Bertz CT molecular complexity index is 1080. The minimum absolute atomic E-state index is 0.0230. The summed E-state index contributed by atoms with van der Waals surface area (Å²) in [5.74, 6) is 1.57. The van der Waals surface area contributed by atoms with E-state index in [-0.39, 0.29) is 24.8 Å². The van der Waals surface area contributed by atoms with E-state index in [1.807, 2.05) is 49.4 Å². The van der Waals surface area contributed by atoms with Gasteiger partial charge in [0.05, 0.1) is 18.8 Å². The maximum atomic E-state index is 12.7. The maximum absolute atomic E-state index is 12.7. The van der Waals surface area contributed by atoms with Crippen LogP contribution in [0.2, 0.25) is 0 Å². The third-order valence-corrected chi connectivity index (χ3v) is 5.36. The molecule has 4 N–H and O–H groups in total. The van der Waals surface area contributed by atoms with Gasteiger partial charge in [-0.3, -0.25) is 9.59 Å². The number of ether oxygens (including phenoxy) is 1. The summed E-state index contributed by atoms with van der Waals surface area (Å²) in [4.78, 5) is 28.3. The van der Waals surface area contributed by atoms with Gasteiger partial charge in [-0.1, -0.05) is 55.5 Å². The van der Waals surface area contributed by atoms with Gasteiger partial charge in [-0.2, -0.15) is 0 Å². The molecule has 36 heavy (non-hydrogen) atoms. The molecule has 0 saturated heterocycles.